The summed E-state index contributed by atoms with van der Waals surface area (Å²) in [5.74, 6) is -1.29. The van der Waals surface area contributed by atoms with Crippen molar-refractivity contribution in [3.63, 3.8) is 0 Å². The molecule has 0 bridgehead atoms. The van der Waals surface area contributed by atoms with Gasteiger partial charge in [-0.25, -0.2) is 4.39 Å². The van der Waals surface area contributed by atoms with Crippen LogP contribution in [0.15, 0.2) is 72.8 Å². The molecular weight excluding hydrogens is 415 g/mol. The summed E-state index contributed by atoms with van der Waals surface area (Å²) in [5.41, 5.74) is 2.47. The second kappa shape index (κ2) is 8.41. The summed E-state index contributed by atoms with van der Waals surface area (Å²) >= 11 is 5.15. The van der Waals surface area contributed by atoms with Crippen molar-refractivity contribution in [1.29, 1.82) is 0 Å². The standard InChI is InChI=1S/C24H15FN2O3S/c25-15-8-5-14(6-9-15)7-12-21(28)27-24(31)26-16-10-11-19-20(13-16)23(30)18-4-2-1-3-17(18)22(19)29/h1-13H,(H2,26,27,28,31)/b12-7+. The molecule has 0 saturated heterocycles. The van der Waals surface area contributed by atoms with Crippen molar-refractivity contribution in [1.82, 2.24) is 5.32 Å². The number of anilines is 1. The summed E-state index contributed by atoms with van der Waals surface area (Å²) in [4.78, 5) is 37.5. The Morgan fingerprint density at radius 3 is 2.13 bits per heavy atom. The number of amides is 1. The van der Waals surface area contributed by atoms with Crippen molar-refractivity contribution in [3.05, 3.63) is 106 Å². The molecule has 3 aromatic carbocycles. The van der Waals surface area contributed by atoms with Crippen molar-refractivity contribution >= 4 is 46.6 Å². The molecule has 7 heteroatoms. The van der Waals surface area contributed by atoms with Gasteiger partial charge in [0.05, 0.1) is 0 Å². The summed E-state index contributed by atoms with van der Waals surface area (Å²) < 4.78 is 12.9. The minimum Gasteiger partial charge on any atom is -0.332 e. The van der Waals surface area contributed by atoms with Crippen LogP contribution in [0, 0.1) is 5.82 Å². The maximum absolute atomic E-state index is 12.9. The van der Waals surface area contributed by atoms with Crippen LogP contribution < -0.4 is 10.6 Å². The zero-order valence-electron chi connectivity index (χ0n) is 16.0. The number of hydrogen-bond donors (Lipinski definition) is 2. The largest absolute Gasteiger partial charge is 0.332 e. The maximum atomic E-state index is 12.9. The summed E-state index contributed by atoms with van der Waals surface area (Å²) in [6.45, 7) is 0. The van der Waals surface area contributed by atoms with Crippen molar-refractivity contribution in [2.24, 2.45) is 0 Å². The molecule has 0 atom stereocenters. The molecule has 1 aliphatic carbocycles. The van der Waals surface area contributed by atoms with E-state index in [1.54, 1.807) is 48.5 Å². The van der Waals surface area contributed by atoms with Crippen LogP contribution in [-0.4, -0.2) is 22.6 Å². The minimum absolute atomic E-state index is 0.0312. The average Bonchev–Trinajstić information content (AvgIpc) is 2.77. The molecule has 31 heavy (non-hydrogen) atoms. The van der Waals surface area contributed by atoms with Crippen LogP contribution in [0.5, 0.6) is 0 Å². The molecule has 0 radical (unpaired) electrons. The van der Waals surface area contributed by atoms with E-state index in [9.17, 15) is 18.8 Å². The molecule has 0 spiro atoms. The highest BCUT2D eigenvalue weighted by molar-refractivity contribution is 7.80. The first-order valence-corrected chi connectivity index (χ1v) is 9.71. The molecule has 1 aliphatic rings. The lowest BCUT2D eigenvalue weighted by Crippen LogP contribution is -2.33. The second-order valence-electron chi connectivity index (χ2n) is 6.79. The highest BCUT2D eigenvalue weighted by Crippen LogP contribution is 2.29. The van der Waals surface area contributed by atoms with Crippen molar-refractivity contribution in [2.45, 2.75) is 0 Å². The fourth-order valence-corrected chi connectivity index (χ4v) is 3.46. The average molecular weight is 430 g/mol. The van der Waals surface area contributed by atoms with Gasteiger partial charge in [-0.05, 0) is 54.2 Å². The van der Waals surface area contributed by atoms with Crippen LogP contribution in [0.4, 0.5) is 10.1 Å². The van der Waals surface area contributed by atoms with Crippen LogP contribution in [-0.2, 0) is 4.79 Å². The molecule has 3 aromatic rings. The van der Waals surface area contributed by atoms with E-state index in [1.165, 1.54) is 30.4 Å². The third-order valence-electron chi connectivity index (χ3n) is 4.72. The highest BCUT2D eigenvalue weighted by Gasteiger charge is 2.29. The predicted octanol–water partition coefficient (Wildman–Crippen LogP) is 4.13. The number of thiocarbonyl (C=S) groups is 1. The first kappa shape index (κ1) is 20.3. The molecule has 0 fully saturated rings. The molecule has 1 amide bonds. The molecule has 0 aliphatic heterocycles. The van der Waals surface area contributed by atoms with E-state index in [0.29, 0.717) is 27.9 Å². The van der Waals surface area contributed by atoms with Gasteiger partial charge in [0.1, 0.15) is 5.82 Å². The quantitative estimate of drug-likeness (QED) is 0.378. The third kappa shape index (κ3) is 4.31. The van der Waals surface area contributed by atoms with E-state index in [-0.39, 0.29) is 28.1 Å². The van der Waals surface area contributed by atoms with Crippen LogP contribution in [0.3, 0.4) is 0 Å². The Kier molecular flexibility index (Phi) is 5.51. The smallest absolute Gasteiger partial charge is 0.250 e. The molecule has 0 saturated carbocycles. The zero-order chi connectivity index (χ0) is 22.0. The van der Waals surface area contributed by atoms with E-state index in [4.69, 9.17) is 12.2 Å². The Labute approximate surface area is 182 Å². The second-order valence-corrected chi connectivity index (χ2v) is 7.20. The number of nitrogens with one attached hydrogen (secondary N) is 2. The van der Waals surface area contributed by atoms with Crippen molar-refractivity contribution in [2.75, 3.05) is 5.32 Å². The van der Waals surface area contributed by atoms with Gasteiger partial charge in [-0.2, -0.15) is 0 Å². The molecular formula is C24H15FN2O3S. The van der Waals surface area contributed by atoms with Gasteiger partial charge < -0.3 is 5.32 Å². The van der Waals surface area contributed by atoms with Gasteiger partial charge in [-0.3, -0.25) is 19.7 Å². The van der Waals surface area contributed by atoms with Gasteiger partial charge in [0.25, 0.3) is 0 Å². The van der Waals surface area contributed by atoms with Gasteiger partial charge in [0.15, 0.2) is 16.7 Å². The molecule has 0 unspecified atom stereocenters. The SMILES string of the molecule is O=C(/C=C/c1ccc(F)cc1)NC(=S)Nc1ccc2c(c1)C(=O)c1ccccc1C2=O. The third-order valence-corrected chi connectivity index (χ3v) is 4.92. The van der Waals surface area contributed by atoms with Crippen LogP contribution in [0.2, 0.25) is 0 Å². The van der Waals surface area contributed by atoms with E-state index in [1.807, 2.05) is 0 Å². The normalized spacial score (nSPS) is 12.3. The Bertz CT molecular complexity index is 1270. The van der Waals surface area contributed by atoms with Gasteiger partial charge >= 0.3 is 0 Å². The molecule has 152 valence electrons. The highest BCUT2D eigenvalue weighted by atomic mass is 32.1. The van der Waals surface area contributed by atoms with E-state index in [2.05, 4.69) is 10.6 Å². The summed E-state index contributed by atoms with van der Waals surface area (Å²) in [6.07, 6.45) is 2.80. The molecule has 0 heterocycles. The minimum atomic E-state index is -0.472. The topological polar surface area (TPSA) is 75.3 Å². The number of ketones is 2. The van der Waals surface area contributed by atoms with Gasteiger partial charge in [0.2, 0.25) is 5.91 Å². The van der Waals surface area contributed by atoms with E-state index >= 15 is 0 Å². The number of carbonyl (C=O) groups excluding carboxylic acids is 3. The monoisotopic (exact) mass is 430 g/mol. The zero-order valence-corrected chi connectivity index (χ0v) is 16.8. The van der Waals surface area contributed by atoms with Gasteiger partial charge in [0, 0.05) is 34.0 Å². The number of benzene rings is 3. The Morgan fingerprint density at radius 2 is 1.45 bits per heavy atom. The lowest BCUT2D eigenvalue weighted by Gasteiger charge is -2.18. The van der Waals surface area contributed by atoms with E-state index < -0.39 is 5.91 Å². The number of carbonyl (C=O) groups is 3. The first-order chi connectivity index (χ1) is 14.9. The van der Waals surface area contributed by atoms with Crippen LogP contribution in [0.1, 0.15) is 37.4 Å². The van der Waals surface area contributed by atoms with Gasteiger partial charge in [-0.15, -0.1) is 0 Å². The molecule has 0 aromatic heterocycles. The summed E-state index contributed by atoms with van der Waals surface area (Å²) in [5, 5.41) is 5.37. The maximum Gasteiger partial charge on any atom is 0.250 e. The van der Waals surface area contributed by atoms with Crippen molar-refractivity contribution in [3.8, 4) is 0 Å². The predicted molar refractivity (Wildman–Crippen MR) is 120 cm³/mol. The Balaban J connectivity index is 1.45. The lowest BCUT2D eigenvalue weighted by molar-refractivity contribution is -0.115. The van der Waals surface area contributed by atoms with Crippen molar-refractivity contribution < 1.29 is 18.8 Å². The summed E-state index contributed by atoms with van der Waals surface area (Å²) in [7, 11) is 0. The van der Waals surface area contributed by atoms with Crippen LogP contribution in [0.25, 0.3) is 6.08 Å². The molecule has 4 rings (SSSR count). The number of hydrogen-bond acceptors (Lipinski definition) is 4. The number of fused-ring (bicyclic) bond motifs is 2. The summed E-state index contributed by atoms with van der Waals surface area (Å²) in [6, 6.07) is 17.1. The number of halogens is 1. The van der Waals surface area contributed by atoms with Crippen LogP contribution >= 0.6 is 12.2 Å². The Morgan fingerprint density at radius 1 is 0.839 bits per heavy atom. The molecule has 2 N–H and O–H groups in total. The van der Waals surface area contributed by atoms with E-state index in [0.717, 1.165) is 0 Å². The number of rotatable bonds is 3. The first-order valence-electron chi connectivity index (χ1n) is 9.30. The Hall–Kier alpha value is -3.97. The van der Waals surface area contributed by atoms with Gasteiger partial charge in [-0.1, -0.05) is 36.4 Å². The molecule has 5 nitrogen and oxygen atoms in total. The lowest BCUT2D eigenvalue weighted by atomic mass is 9.84. The fourth-order valence-electron chi connectivity index (χ4n) is 3.24. The fraction of sp³-hybridized carbons (Fsp3) is 0.